The largest absolute Gasteiger partial charge is 0.494 e. The summed E-state index contributed by atoms with van der Waals surface area (Å²) in [6.45, 7) is 3.91. The van der Waals surface area contributed by atoms with Gasteiger partial charge in [-0.1, -0.05) is 53.8 Å². The molecule has 2 aromatic heterocycles. The fourth-order valence-corrected chi connectivity index (χ4v) is 5.15. The number of amides is 1. The molecule has 5 aromatic rings. The first-order chi connectivity index (χ1) is 17.7. The lowest BCUT2D eigenvalue weighted by molar-refractivity contribution is 0.0986. The minimum atomic E-state index is -0.0454. The number of imidazole rings is 1. The predicted octanol–water partition coefficient (Wildman–Crippen LogP) is 6.22. The quantitative estimate of drug-likeness (QED) is 0.230. The third kappa shape index (κ3) is 5.63. The van der Waals surface area contributed by atoms with Gasteiger partial charge in [0.1, 0.15) is 5.75 Å². The van der Waals surface area contributed by atoms with Crippen molar-refractivity contribution in [1.29, 1.82) is 0 Å². The lowest BCUT2D eigenvalue weighted by Gasteiger charge is -2.20. The molecule has 36 heavy (non-hydrogen) atoms. The Kier molecular flexibility index (Phi) is 7.38. The van der Waals surface area contributed by atoms with Crippen LogP contribution in [0.5, 0.6) is 5.75 Å². The standard InChI is InChI=1S/C29H28N4O2S/c1-2-35-25-13-14-26-27(20-25)36-29(31-26)33(17-6-16-32-18-15-30-21-32)28(34)24-11-9-23(10-12-24)19-22-7-4-3-5-8-22/h3-5,7-15,18,20-21H,2,6,16-17,19H2,1H3. The number of hydrogen-bond acceptors (Lipinski definition) is 5. The number of aryl methyl sites for hydroxylation is 1. The third-order valence-corrected chi connectivity index (χ3v) is 6.99. The average molecular weight is 497 g/mol. The molecule has 0 aliphatic heterocycles. The monoisotopic (exact) mass is 496 g/mol. The van der Waals surface area contributed by atoms with Crippen LogP contribution in [0.2, 0.25) is 0 Å². The Balaban J connectivity index is 1.38. The molecule has 0 aliphatic carbocycles. The van der Waals surface area contributed by atoms with Gasteiger partial charge >= 0.3 is 0 Å². The molecule has 0 atom stereocenters. The lowest BCUT2D eigenvalue weighted by atomic mass is 10.0. The van der Waals surface area contributed by atoms with E-state index in [0.717, 1.165) is 35.4 Å². The molecule has 0 saturated carbocycles. The summed E-state index contributed by atoms with van der Waals surface area (Å²) in [6.07, 6.45) is 7.12. The summed E-state index contributed by atoms with van der Waals surface area (Å²) in [7, 11) is 0. The van der Waals surface area contributed by atoms with Crippen molar-refractivity contribution in [1.82, 2.24) is 14.5 Å². The highest BCUT2D eigenvalue weighted by Crippen LogP contribution is 2.32. The van der Waals surface area contributed by atoms with Crippen LogP contribution >= 0.6 is 11.3 Å². The van der Waals surface area contributed by atoms with Gasteiger partial charge in [-0.25, -0.2) is 9.97 Å². The molecule has 0 saturated heterocycles. The van der Waals surface area contributed by atoms with Gasteiger partial charge in [0, 0.05) is 31.0 Å². The summed E-state index contributed by atoms with van der Waals surface area (Å²) in [4.78, 5) is 24.4. The third-order valence-electron chi connectivity index (χ3n) is 5.94. The van der Waals surface area contributed by atoms with Crippen LogP contribution in [0.15, 0.2) is 91.5 Å². The smallest absolute Gasteiger partial charge is 0.260 e. The molecule has 3 aromatic carbocycles. The maximum Gasteiger partial charge on any atom is 0.260 e. The van der Waals surface area contributed by atoms with Crippen molar-refractivity contribution in [3.8, 4) is 5.75 Å². The number of aromatic nitrogens is 3. The molecular weight excluding hydrogens is 468 g/mol. The zero-order valence-electron chi connectivity index (χ0n) is 20.2. The maximum atomic E-state index is 13.7. The van der Waals surface area contributed by atoms with Crippen LogP contribution in [0.25, 0.3) is 10.2 Å². The van der Waals surface area contributed by atoms with Gasteiger partial charge in [0.05, 0.1) is 23.2 Å². The van der Waals surface area contributed by atoms with Crippen molar-refractivity contribution >= 4 is 32.6 Å². The molecule has 2 heterocycles. The van der Waals surface area contributed by atoms with Crippen molar-refractivity contribution in [2.24, 2.45) is 0 Å². The summed E-state index contributed by atoms with van der Waals surface area (Å²) in [5, 5.41) is 0.697. The van der Waals surface area contributed by atoms with Crippen LogP contribution in [-0.2, 0) is 13.0 Å². The molecule has 0 spiro atoms. The summed E-state index contributed by atoms with van der Waals surface area (Å²) >= 11 is 1.52. The van der Waals surface area contributed by atoms with Crippen LogP contribution < -0.4 is 9.64 Å². The molecule has 0 aliphatic rings. The molecule has 0 radical (unpaired) electrons. The van der Waals surface area contributed by atoms with E-state index in [-0.39, 0.29) is 5.91 Å². The highest BCUT2D eigenvalue weighted by atomic mass is 32.1. The van der Waals surface area contributed by atoms with Gasteiger partial charge in [0.25, 0.3) is 5.91 Å². The Hall–Kier alpha value is -3.97. The van der Waals surface area contributed by atoms with Crippen LogP contribution in [0, 0.1) is 0 Å². The second kappa shape index (κ2) is 11.2. The number of rotatable bonds is 10. The van der Waals surface area contributed by atoms with Crippen molar-refractivity contribution in [3.63, 3.8) is 0 Å². The molecular formula is C29H28N4O2S. The van der Waals surface area contributed by atoms with E-state index in [0.29, 0.717) is 23.8 Å². The van der Waals surface area contributed by atoms with E-state index in [2.05, 4.69) is 17.1 Å². The number of fused-ring (bicyclic) bond motifs is 1. The van der Waals surface area contributed by atoms with Crippen molar-refractivity contribution in [2.45, 2.75) is 26.3 Å². The van der Waals surface area contributed by atoms with E-state index in [1.54, 1.807) is 17.4 Å². The van der Waals surface area contributed by atoms with E-state index in [9.17, 15) is 4.79 Å². The zero-order valence-corrected chi connectivity index (χ0v) is 21.0. The molecule has 5 rings (SSSR count). The SMILES string of the molecule is CCOc1ccc2nc(N(CCCn3ccnc3)C(=O)c3ccc(Cc4ccccc4)cc3)sc2c1. The summed E-state index contributed by atoms with van der Waals surface area (Å²) in [5.74, 6) is 0.767. The van der Waals surface area contributed by atoms with Crippen molar-refractivity contribution in [2.75, 3.05) is 18.1 Å². The zero-order chi connectivity index (χ0) is 24.7. The van der Waals surface area contributed by atoms with E-state index in [1.807, 2.05) is 78.4 Å². The Bertz CT molecular complexity index is 1410. The number of hydrogen-bond donors (Lipinski definition) is 0. The normalized spacial score (nSPS) is 11.0. The van der Waals surface area contributed by atoms with Gasteiger partial charge in [0.2, 0.25) is 0 Å². The van der Waals surface area contributed by atoms with Gasteiger partial charge in [-0.3, -0.25) is 9.69 Å². The Morgan fingerprint density at radius 1 is 1.03 bits per heavy atom. The average Bonchev–Trinajstić information content (AvgIpc) is 3.57. The van der Waals surface area contributed by atoms with E-state index in [4.69, 9.17) is 9.72 Å². The molecule has 182 valence electrons. The summed E-state index contributed by atoms with van der Waals surface area (Å²) in [5.41, 5.74) is 3.94. The number of benzene rings is 3. The Morgan fingerprint density at radius 3 is 2.58 bits per heavy atom. The lowest BCUT2D eigenvalue weighted by Crippen LogP contribution is -2.32. The van der Waals surface area contributed by atoms with Gasteiger partial charge < -0.3 is 9.30 Å². The summed E-state index contributed by atoms with van der Waals surface area (Å²) in [6, 6.07) is 24.1. The van der Waals surface area contributed by atoms with E-state index in [1.165, 1.54) is 22.5 Å². The fourth-order valence-electron chi connectivity index (χ4n) is 4.13. The first kappa shape index (κ1) is 23.8. The minimum absolute atomic E-state index is 0.0454. The first-order valence-corrected chi connectivity index (χ1v) is 12.9. The van der Waals surface area contributed by atoms with Gasteiger partial charge in [0.15, 0.2) is 5.13 Å². The topological polar surface area (TPSA) is 60.2 Å². The number of anilines is 1. The van der Waals surface area contributed by atoms with Gasteiger partial charge in [-0.15, -0.1) is 0 Å². The van der Waals surface area contributed by atoms with E-state index < -0.39 is 0 Å². The number of ether oxygens (including phenoxy) is 1. The molecule has 0 bridgehead atoms. The predicted molar refractivity (Wildman–Crippen MR) is 145 cm³/mol. The molecule has 7 heteroatoms. The fraction of sp³-hybridized carbons (Fsp3) is 0.207. The van der Waals surface area contributed by atoms with Crippen molar-refractivity contribution < 1.29 is 9.53 Å². The first-order valence-electron chi connectivity index (χ1n) is 12.1. The number of thiazole rings is 1. The number of nitrogens with zero attached hydrogens (tertiary/aromatic N) is 4. The van der Waals surface area contributed by atoms with Crippen LogP contribution in [0.4, 0.5) is 5.13 Å². The van der Waals surface area contributed by atoms with Crippen molar-refractivity contribution in [3.05, 3.63) is 108 Å². The molecule has 0 fully saturated rings. The Morgan fingerprint density at radius 2 is 1.83 bits per heavy atom. The molecule has 6 nitrogen and oxygen atoms in total. The second-order valence-electron chi connectivity index (χ2n) is 8.53. The molecule has 0 N–H and O–H groups in total. The summed E-state index contributed by atoms with van der Waals surface area (Å²) < 4.78 is 8.67. The molecule has 1 amide bonds. The van der Waals surface area contributed by atoms with Crippen LogP contribution in [-0.4, -0.2) is 33.6 Å². The highest BCUT2D eigenvalue weighted by molar-refractivity contribution is 7.22. The van der Waals surface area contributed by atoms with Crippen LogP contribution in [0.1, 0.15) is 34.8 Å². The number of carbonyl (C=O) groups is 1. The van der Waals surface area contributed by atoms with E-state index >= 15 is 0 Å². The second-order valence-corrected chi connectivity index (χ2v) is 9.54. The van der Waals surface area contributed by atoms with Gasteiger partial charge in [-0.05, 0) is 61.2 Å². The minimum Gasteiger partial charge on any atom is -0.494 e. The van der Waals surface area contributed by atoms with Gasteiger partial charge in [-0.2, -0.15) is 0 Å². The number of carbonyl (C=O) groups excluding carboxylic acids is 1. The maximum absolute atomic E-state index is 13.7. The highest BCUT2D eigenvalue weighted by Gasteiger charge is 2.21. The Labute approximate surface area is 214 Å². The molecule has 0 unspecified atom stereocenters. The van der Waals surface area contributed by atoms with Crippen LogP contribution in [0.3, 0.4) is 0 Å².